The normalized spacial score (nSPS) is 10.9. The Bertz CT molecular complexity index is 2580. The van der Waals surface area contributed by atoms with E-state index in [0.717, 1.165) is 10.5 Å². The Morgan fingerprint density at radius 1 is 0.796 bits per heavy atom. The van der Waals surface area contributed by atoms with Crippen molar-refractivity contribution in [3.05, 3.63) is 160 Å². The lowest BCUT2D eigenvalue weighted by molar-refractivity contribution is 0.421. The van der Waals surface area contributed by atoms with E-state index in [0.29, 0.717) is 56.0 Å². The predicted octanol–water partition coefficient (Wildman–Crippen LogP) is 6.94. The first-order valence-corrected chi connectivity index (χ1v) is 17.2. The van der Waals surface area contributed by atoms with E-state index in [1.807, 2.05) is 31.2 Å². The maximum atomic E-state index is 14.2. The highest BCUT2D eigenvalue weighted by atomic mass is 32.2. The largest absolute Gasteiger partial charge is 0.382 e. The molecule has 5 heterocycles. The van der Waals surface area contributed by atoms with E-state index in [4.69, 9.17) is 20.2 Å². The Morgan fingerprint density at radius 3 is 1.91 bits per heavy atom. The molecule has 0 atom stereocenters. The van der Waals surface area contributed by atoms with Gasteiger partial charge in [-0.1, -0.05) is 76.2 Å². The maximum absolute atomic E-state index is 14.2. The number of aromatic amines is 1. The molecule has 0 saturated heterocycles. The van der Waals surface area contributed by atoms with Crippen LogP contribution in [0.5, 0.6) is 0 Å². The first-order valence-electron chi connectivity index (χ1n) is 16.3. The predicted molar refractivity (Wildman–Crippen MR) is 197 cm³/mol. The topological polar surface area (TPSA) is 183 Å². The quantitative estimate of drug-likeness (QED) is 0.0979. The number of H-pyrrole nitrogens is 1. The summed E-state index contributed by atoms with van der Waals surface area (Å²) in [5.74, 6) is -0.495. The van der Waals surface area contributed by atoms with E-state index in [2.05, 4.69) is 30.5 Å². The van der Waals surface area contributed by atoms with Gasteiger partial charge >= 0.3 is 0 Å². The lowest BCUT2D eigenvalue weighted by Gasteiger charge is -2.06. The minimum Gasteiger partial charge on any atom is -0.382 e. The lowest BCUT2D eigenvalue weighted by atomic mass is 10.2. The van der Waals surface area contributed by atoms with Gasteiger partial charge in [-0.15, -0.1) is 0 Å². The molecule has 0 aliphatic heterocycles. The van der Waals surface area contributed by atoms with Gasteiger partial charge in [0, 0.05) is 34.4 Å². The van der Waals surface area contributed by atoms with Crippen molar-refractivity contribution in [3.8, 4) is 34.3 Å². The van der Waals surface area contributed by atoms with Crippen LogP contribution in [-0.4, -0.2) is 45.7 Å². The number of amidine groups is 1. The fourth-order valence-electron chi connectivity index (χ4n) is 5.32. The number of benzene rings is 3. The second-order valence-electron chi connectivity index (χ2n) is 11.9. The minimum absolute atomic E-state index is 0.160. The average Bonchev–Trinajstić information content (AvgIpc) is 4.00. The Morgan fingerprint density at radius 2 is 1.37 bits per heavy atom. The molecule has 0 amide bonds. The van der Waals surface area contributed by atoms with Crippen LogP contribution in [0.1, 0.15) is 22.4 Å². The molecule has 0 radical (unpaired) electrons. The summed E-state index contributed by atoms with van der Waals surface area (Å²) >= 11 is 1.34. The van der Waals surface area contributed by atoms with Gasteiger partial charge in [0.25, 0.3) is 5.56 Å². The summed E-state index contributed by atoms with van der Waals surface area (Å²) in [6.07, 6.45) is 4.42. The van der Waals surface area contributed by atoms with E-state index >= 15 is 0 Å². The van der Waals surface area contributed by atoms with Crippen molar-refractivity contribution in [1.82, 2.24) is 39.8 Å². The Labute approximate surface area is 310 Å². The molecule has 0 saturated carbocycles. The monoisotopic (exact) mass is 744 g/mol. The molecule has 0 aliphatic carbocycles. The van der Waals surface area contributed by atoms with Crippen LogP contribution >= 0.6 is 11.8 Å². The number of nitrogens with zero attached hydrogens (tertiary/aromatic N) is 7. The highest BCUT2D eigenvalue weighted by molar-refractivity contribution is 7.99. The Hall–Kier alpha value is -6.94. The van der Waals surface area contributed by atoms with Crippen LogP contribution in [0, 0.1) is 24.0 Å². The van der Waals surface area contributed by atoms with Gasteiger partial charge in [-0.05, 0) is 43.3 Å². The van der Waals surface area contributed by atoms with Crippen LogP contribution in [0.15, 0.2) is 139 Å². The summed E-state index contributed by atoms with van der Waals surface area (Å²) in [4.78, 5) is 21.4. The van der Waals surface area contributed by atoms with Gasteiger partial charge in [0.15, 0.2) is 5.82 Å². The van der Waals surface area contributed by atoms with E-state index in [-0.39, 0.29) is 36.1 Å². The number of nitrogen functional groups attached to an aromatic ring is 1. The first kappa shape index (κ1) is 35.5. The molecule has 16 heteroatoms. The number of nitrogens with two attached hydrogens (primary N) is 1. The Balaban J connectivity index is 0.000000184. The van der Waals surface area contributed by atoms with Gasteiger partial charge in [-0.2, -0.15) is 10.2 Å². The van der Waals surface area contributed by atoms with Crippen LogP contribution in [-0.2, 0) is 13.1 Å². The van der Waals surface area contributed by atoms with Crippen molar-refractivity contribution in [2.75, 3.05) is 0 Å². The minimum atomic E-state index is -0.329. The standard InChI is InChI=1S/C24H18FN5O2S.C14H12FN5O/c1-15-6-8-17(9-7-15)33-22-13-26-23(27-24(22)31)20-12-21(19-10-11-32-29-19)30(28-20)14-16-4-2-3-5-18(16)25;15-10-4-2-1-3-9(10)8-20-13(11-5-6-21-19-11)7-12(18-20)14(16)17/h2-13H,14H2,1H3,(H,26,27,31);1-7H,8H2,(H3,16,17). The molecule has 270 valence electrons. The molecule has 54 heavy (non-hydrogen) atoms. The fourth-order valence-corrected chi connectivity index (χ4v) is 6.09. The van der Waals surface area contributed by atoms with Crippen LogP contribution in [0.3, 0.4) is 0 Å². The first-order chi connectivity index (χ1) is 26.2. The zero-order valence-electron chi connectivity index (χ0n) is 28.5. The highest BCUT2D eigenvalue weighted by Crippen LogP contribution is 2.27. The molecule has 8 aromatic rings. The van der Waals surface area contributed by atoms with Gasteiger partial charge in [0.1, 0.15) is 52.8 Å². The molecule has 0 bridgehead atoms. The van der Waals surface area contributed by atoms with E-state index < -0.39 is 0 Å². The zero-order valence-corrected chi connectivity index (χ0v) is 29.3. The van der Waals surface area contributed by atoms with Crippen molar-refractivity contribution in [2.24, 2.45) is 5.73 Å². The molecule has 5 aromatic heterocycles. The summed E-state index contributed by atoms with van der Waals surface area (Å²) in [7, 11) is 0. The van der Waals surface area contributed by atoms with Crippen LogP contribution in [0.2, 0.25) is 0 Å². The molecule has 3 aromatic carbocycles. The van der Waals surface area contributed by atoms with Crippen molar-refractivity contribution in [3.63, 3.8) is 0 Å². The highest BCUT2D eigenvalue weighted by Gasteiger charge is 2.18. The second kappa shape index (κ2) is 15.7. The number of hydrogen-bond acceptors (Lipinski definition) is 10. The van der Waals surface area contributed by atoms with Crippen molar-refractivity contribution in [2.45, 2.75) is 29.8 Å². The van der Waals surface area contributed by atoms with E-state index in [1.165, 1.54) is 42.6 Å². The molecular formula is C38H30F2N10O3S. The number of halogens is 2. The molecule has 0 fully saturated rings. The van der Waals surface area contributed by atoms with Crippen molar-refractivity contribution in [1.29, 1.82) is 5.41 Å². The summed E-state index contributed by atoms with van der Waals surface area (Å²) in [6, 6.07) is 27.6. The third kappa shape index (κ3) is 8.08. The molecule has 8 rings (SSSR count). The number of nitrogens with one attached hydrogen (secondary N) is 2. The SMILES string of the molecule is Cc1ccc(Sc2cnc(-c3cc(-c4ccon4)n(Cc4ccccc4F)n3)[nH]c2=O)cc1.N=C(N)c1cc(-c2ccon2)n(Cc2ccccc2F)n1. The third-order valence-electron chi connectivity index (χ3n) is 8.05. The molecule has 4 N–H and O–H groups in total. The van der Waals surface area contributed by atoms with Crippen LogP contribution in [0.25, 0.3) is 34.3 Å². The molecule has 0 spiro atoms. The van der Waals surface area contributed by atoms with E-state index in [1.54, 1.807) is 70.0 Å². The molecule has 0 unspecified atom stereocenters. The molecule has 13 nitrogen and oxygen atoms in total. The Kier molecular flexibility index (Phi) is 10.3. The van der Waals surface area contributed by atoms with Gasteiger partial charge in [-0.25, -0.2) is 13.8 Å². The lowest BCUT2D eigenvalue weighted by Crippen LogP contribution is -2.13. The molecular weight excluding hydrogens is 715 g/mol. The van der Waals surface area contributed by atoms with Crippen molar-refractivity contribution >= 4 is 17.6 Å². The average molecular weight is 745 g/mol. The summed E-state index contributed by atoms with van der Waals surface area (Å²) in [5, 5.41) is 24.1. The van der Waals surface area contributed by atoms with Crippen LogP contribution < -0.4 is 11.3 Å². The molecule has 0 aliphatic rings. The number of aryl methyl sites for hydroxylation is 1. The van der Waals surface area contributed by atoms with Gasteiger partial charge < -0.3 is 19.8 Å². The summed E-state index contributed by atoms with van der Waals surface area (Å²) in [6.45, 7) is 2.40. The van der Waals surface area contributed by atoms with Gasteiger partial charge in [0.2, 0.25) is 0 Å². The summed E-state index contributed by atoms with van der Waals surface area (Å²) < 4.78 is 41.0. The maximum Gasteiger partial charge on any atom is 0.265 e. The van der Waals surface area contributed by atoms with Crippen LogP contribution in [0.4, 0.5) is 8.78 Å². The van der Waals surface area contributed by atoms with E-state index in [9.17, 15) is 13.6 Å². The fraction of sp³-hybridized carbons (Fsp3) is 0.0789. The number of hydrogen-bond donors (Lipinski definition) is 3. The zero-order chi connectivity index (χ0) is 37.6. The smallest absolute Gasteiger partial charge is 0.265 e. The van der Waals surface area contributed by atoms with Gasteiger partial charge in [0.05, 0.1) is 29.4 Å². The van der Waals surface area contributed by atoms with Gasteiger partial charge in [-0.3, -0.25) is 19.6 Å². The number of aromatic nitrogens is 8. The third-order valence-corrected chi connectivity index (χ3v) is 9.07. The number of rotatable bonds is 10. The summed E-state index contributed by atoms with van der Waals surface area (Å²) in [5.41, 5.74) is 10.4. The second-order valence-corrected chi connectivity index (χ2v) is 13.0. The van der Waals surface area contributed by atoms with Crippen molar-refractivity contribution < 1.29 is 17.8 Å².